The first-order chi connectivity index (χ1) is 14.7. The molecule has 0 bridgehead atoms. The average Bonchev–Trinajstić information content (AvgIpc) is 3.39. The molecule has 0 amide bonds. The number of nitrogens with zero attached hydrogens (tertiary/aromatic N) is 1. The summed E-state index contributed by atoms with van der Waals surface area (Å²) in [5, 5.41) is 4.30. The number of sulfone groups is 2. The van der Waals surface area contributed by atoms with Gasteiger partial charge in [0.1, 0.15) is 5.75 Å². The molecule has 172 valence electrons. The van der Waals surface area contributed by atoms with E-state index in [1.807, 2.05) is 11.4 Å². The Kier molecular flexibility index (Phi) is 7.80. The van der Waals surface area contributed by atoms with E-state index < -0.39 is 31.0 Å². The SMILES string of the molecule is CCN(CC)C(CN[C@H]1CS(=O)(=O)C[C@@H]1S(=O)(=O)c1ccc(OC)cc1)c1cccs1. The molecule has 1 aliphatic heterocycles. The summed E-state index contributed by atoms with van der Waals surface area (Å²) in [6, 6.07) is 9.55. The van der Waals surface area contributed by atoms with Gasteiger partial charge in [0.05, 0.1) is 34.8 Å². The molecular formula is C21H30N2O5S3. The van der Waals surface area contributed by atoms with Gasteiger partial charge in [0, 0.05) is 17.5 Å². The summed E-state index contributed by atoms with van der Waals surface area (Å²) in [4.78, 5) is 3.57. The molecule has 1 fully saturated rings. The van der Waals surface area contributed by atoms with Crippen molar-refractivity contribution in [2.24, 2.45) is 0 Å². The second kappa shape index (κ2) is 9.99. The van der Waals surface area contributed by atoms with Crippen LogP contribution in [0.2, 0.25) is 0 Å². The number of methoxy groups -OCH3 is 1. The number of rotatable bonds is 10. The van der Waals surface area contributed by atoms with Crippen molar-refractivity contribution in [2.45, 2.75) is 36.1 Å². The fourth-order valence-electron chi connectivity index (χ4n) is 4.07. The van der Waals surface area contributed by atoms with Crippen LogP contribution in [0.1, 0.15) is 24.8 Å². The van der Waals surface area contributed by atoms with Crippen molar-refractivity contribution in [1.29, 1.82) is 0 Å². The van der Waals surface area contributed by atoms with Gasteiger partial charge in [-0.1, -0.05) is 19.9 Å². The van der Waals surface area contributed by atoms with E-state index in [-0.39, 0.29) is 22.4 Å². The fourth-order valence-corrected chi connectivity index (χ4v) is 9.65. The van der Waals surface area contributed by atoms with Crippen LogP contribution >= 0.6 is 11.3 Å². The van der Waals surface area contributed by atoms with Crippen LogP contribution in [-0.4, -0.2) is 71.3 Å². The number of likely N-dealkylation sites (N-methyl/N-ethyl adjacent to an activating group) is 1. The summed E-state index contributed by atoms with van der Waals surface area (Å²) >= 11 is 1.65. The van der Waals surface area contributed by atoms with E-state index in [2.05, 4.69) is 30.1 Å². The largest absolute Gasteiger partial charge is 0.497 e. The number of nitrogens with one attached hydrogen (secondary N) is 1. The Morgan fingerprint density at radius 3 is 2.39 bits per heavy atom. The average molecular weight is 487 g/mol. The van der Waals surface area contributed by atoms with Gasteiger partial charge >= 0.3 is 0 Å². The molecule has 1 saturated heterocycles. The first-order valence-electron chi connectivity index (χ1n) is 10.3. The van der Waals surface area contributed by atoms with Gasteiger partial charge < -0.3 is 10.1 Å². The third-order valence-corrected chi connectivity index (χ3v) is 10.9. The first kappa shape index (κ1) is 24.2. The lowest BCUT2D eigenvalue weighted by Gasteiger charge is -2.31. The number of hydrogen-bond acceptors (Lipinski definition) is 8. The molecular weight excluding hydrogens is 456 g/mol. The van der Waals surface area contributed by atoms with E-state index >= 15 is 0 Å². The van der Waals surface area contributed by atoms with Crippen LogP contribution in [-0.2, 0) is 19.7 Å². The van der Waals surface area contributed by atoms with E-state index in [0.717, 1.165) is 13.1 Å². The second-order valence-corrected chi connectivity index (χ2v) is 12.9. The standard InChI is InChI=1S/C21H30N2O5S3/c1-4-23(5-2)19(20-7-6-12-29-20)13-22-18-14-30(24,25)15-21(18)31(26,27)17-10-8-16(28-3)9-11-17/h6-12,18-19,21-22H,4-5,13-15H2,1-3H3/t18-,19?,21-/m0/s1. The number of hydrogen-bond donors (Lipinski definition) is 1. The highest BCUT2D eigenvalue weighted by atomic mass is 32.2. The molecule has 1 N–H and O–H groups in total. The van der Waals surface area contributed by atoms with Crippen molar-refractivity contribution in [3.63, 3.8) is 0 Å². The minimum Gasteiger partial charge on any atom is -0.497 e. The molecule has 1 aromatic heterocycles. The lowest BCUT2D eigenvalue weighted by atomic mass is 10.1. The quantitative estimate of drug-likeness (QED) is 0.551. The molecule has 10 heteroatoms. The van der Waals surface area contributed by atoms with Crippen molar-refractivity contribution < 1.29 is 21.6 Å². The monoisotopic (exact) mass is 486 g/mol. The van der Waals surface area contributed by atoms with E-state index in [4.69, 9.17) is 4.74 Å². The summed E-state index contributed by atoms with van der Waals surface area (Å²) in [7, 11) is -5.78. The maximum absolute atomic E-state index is 13.3. The van der Waals surface area contributed by atoms with Gasteiger partial charge in [-0.05, 0) is 48.8 Å². The van der Waals surface area contributed by atoms with Gasteiger partial charge in [0.25, 0.3) is 0 Å². The van der Waals surface area contributed by atoms with Crippen molar-refractivity contribution in [1.82, 2.24) is 10.2 Å². The first-order valence-corrected chi connectivity index (χ1v) is 14.6. The second-order valence-electron chi connectivity index (χ2n) is 7.60. The van der Waals surface area contributed by atoms with Gasteiger partial charge in [-0.15, -0.1) is 11.3 Å². The van der Waals surface area contributed by atoms with Crippen LogP contribution in [0.4, 0.5) is 0 Å². The fraction of sp³-hybridized carbons (Fsp3) is 0.524. The Morgan fingerprint density at radius 1 is 1.16 bits per heavy atom. The molecule has 1 aromatic carbocycles. The summed E-state index contributed by atoms with van der Waals surface area (Å²) in [6.07, 6.45) is 0. The normalized spacial score (nSPS) is 21.9. The molecule has 1 unspecified atom stereocenters. The van der Waals surface area contributed by atoms with Gasteiger partial charge in [0.2, 0.25) is 0 Å². The van der Waals surface area contributed by atoms with Crippen LogP contribution < -0.4 is 10.1 Å². The van der Waals surface area contributed by atoms with Crippen molar-refractivity contribution in [3.8, 4) is 5.75 Å². The van der Waals surface area contributed by atoms with Crippen LogP contribution in [0.15, 0.2) is 46.7 Å². The lowest BCUT2D eigenvalue weighted by molar-refractivity contribution is 0.212. The van der Waals surface area contributed by atoms with Gasteiger partial charge in [-0.25, -0.2) is 16.8 Å². The molecule has 0 aliphatic carbocycles. The van der Waals surface area contributed by atoms with E-state index in [0.29, 0.717) is 12.3 Å². The Morgan fingerprint density at radius 2 is 1.84 bits per heavy atom. The molecule has 0 saturated carbocycles. The third-order valence-electron chi connectivity index (χ3n) is 5.79. The highest BCUT2D eigenvalue weighted by Crippen LogP contribution is 2.29. The molecule has 2 heterocycles. The van der Waals surface area contributed by atoms with Gasteiger partial charge in [-0.2, -0.15) is 0 Å². The zero-order valence-corrected chi connectivity index (χ0v) is 20.5. The van der Waals surface area contributed by atoms with E-state index in [9.17, 15) is 16.8 Å². The molecule has 0 spiro atoms. The van der Waals surface area contributed by atoms with Crippen molar-refractivity contribution in [3.05, 3.63) is 46.7 Å². The summed E-state index contributed by atoms with van der Waals surface area (Å²) in [5.41, 5.74) is 0. The van der Waals surface area contributed by atoms with E-state index in [1.54, 1.807) is 23.5 Å². The summed E-state index contributed by atoms with van der Waals surface area (Å²) in [5.74, 6) is 0.00172. The molecule has 3 atom stereocenters. The minimum atomic E-state index is -3.83. The molecule has 0 radical (unpaired) electrons. The third kappa shape index (κ3) is 5.48. The Balaban J connectivity index is 1.84. The topological polar surface area (TPSA) is 92.8 Å². The van der Waals surface area contributed by atoms with Gasteiger partial charge in [-0.3, -0.25) is 4.90 Å². The van der Waals surface area contributed by atoms with E-state index in [1.165, 1.54) is 24.1 Å². The molecule has 2 aromatic rings. The van der Waals surface area contributed by atoms with Crippen LogP contribution in [0.5, 0.6) is 5.75 Å². The maximum atomic E-state index is 13.3. The molecule has 1 aliphatic rings. The van der Waals surface area contributed by atoms with Gasteiger partial charge in [0.15, 0.2) is 19.7 Å². The van der Waals surface area contributed by atoms with Crippen molar-refractivity contribution in [2.75, 3.05) is 38.2 Å². The summed E-state index contributed by atoms with van der Waals surface area (Å²) in [6.45, 7) is 6.34. The van der Waals surface area contributed by atoms with Crippen molar-refractivity contribution >= 4 is 31.0 Å². The number of thiophene rings is 1. The van der Waals surface area contributed by atoms with Crippen LogP contribution in [0.25, 0.3) is 0 Å². The smallest absolute Gasteiger partial charge is 0.183 e. The predicted molar refractivity (Wildman–Crippen MR) is 124 cm³/mol. The Hall–Kier alpha value is -1.46. The Labute approximate surface area is 189 Å². The zero-order valence-electron chi connectivity index (χ0n) is 18.0. The molecule has 3 rings (SSSR count). The highest BCUT2D eigenvalue weighted by Gasteiger charge is 2.46. The lowest BCUT2D eigenvalue weighted by Crippen LogP contribution is -2.46. The summed E-state index contributed by atoms with van der Waals surface area (Å²) < 4.78 is 56.5. The van der Waals surface area contributed by atoms with Crippen LogP contribution in [0, 0.1) is 0 Å². The Bertz CT molecular complexity index is 1050. The van der Waals surface area contributed by atoms with Crippen LogP contribution in [0.3, 0.4) is 0 Å². The predicted octanol–water partition coefficient (Wildman–Crippen LogP) is 2.37. The number of benzene rings is 1. The zero-order chi connectivity index (χ0) is 22.6. The maximum Gasteiger partial charge on any atom is 0.183 e. The molecule has 31 heavy (non-hydrogen) atoms. The molecule has 7 nitrogen and oxygen atoms in total. The number of ether oxygens (including phenoxy) is 1. The minimum absolute atomic E-state index is 0.0580. The highest BCUT2D eigenvalue weighted by molar-refractivity contribution is 7.96.